The molecule has 1 aliphatic heterocycles. The van der Waals surface area contributed by atoms with Crippen LogP contribution in [0.25, 0.3) is 0 Å². The van der Waals surface area contributed by atoms with Crippen molar-refractivity contribution in [3.05, 3.63) is 35.1 Å². The molecule has 104 valence electrons. The zero-order valence-electron chi connectivity index (χ0n) is 10.00. The molecule has 1 unspecified atom stereocenters. The number of hydrogen-bond donors (Lipinski definition) is 2. The Kier molecular flexibility index (Phi) is 4.06. The van der Waals surface area contributed by atoms with Crippen LogP contribution in [0.2, 0.25) is 0 Å². The highest BCUT2D eigenvalue weighted by molar-refractivity contribution is 5.74. The van der Waals surface area contributed by atoms with Crippen molar-refractivity contribution in [2.75, 3.05) is 19.6 Å². The number of carboxylic acids is 1. The minimum atomic E-state index is -1.51. The van der Waals surface area contributed by atoms with Crippen molar-refractivity contribution in [1.29, 1.82) is 0 Å². The Bertz CT molecular complexity index is 473. The summed E-state index contributed by atoms with van der Waals surface area (Å²) < 4.78 is 39.0. The zero-order valence-corrected chi connectivity index (χ0v) is 10.00. The highest BCUT2D eigenvalue weighted by Gasteiger charge is 2.28. The number of nitrogens with one attached hydrogen (secondary N) is 1. The van der Waals surface area contributed by atoms with Gasteiger partial charge in [0, 0.05) is 26.2 Å². The van der Waals surface area contributed by atoms with Crippen LogP contribution in [0.3, 0.4) is 0 Å². The first-order valence-corrected chi connectivity index (χ1v) is 5.80. The average molecular weight is 274 g/mol. The molecule has 1 fully saturated rings. The van der Waals surface area contributed by atoms with E-state index in [0.29, 0.717) is 13.1 Å². The van der Waals surface area contributed by atoms with Crippen LogP contribution >= 0.6 is 0 Å². The number of piperazine rings is 1. The fraction of sp³-hybridized carbons (Fsp3) is 0.417. The van der Waals surface area contributed by atoms with E-state index < -0.39 is 29.5 Å². The molecule has 0 radical (unpaired) electrons. The number of halogens is 3. The minimum Gasteiger partial charge on any atom is -0.480 e. The van der Waals surface area contributed by atoms with E-state index in [1.807, 2.05) is 0 Å². The Hall–Kier alpha value is -1.60. The first-order chi connectivity index (χ1) is 8.99. The highest BCUT2D eigenvalue weighted by Crippen LogP contribution is 2.17. The third kappa shape index (κ3) is 3.05. The molecule has 0 amide bonds. The molecule has 1 atom stereocenters. The smallest absolute Gasteiger partial charge is 0.322 e. The molecule has 0 spiro atoms. The van der Waals surface area contributed by atoms with E-state index in [4.69, 9.17) is 5.11 Å². The monoisotopic (exact) mass is 274 g/mol. The predicted octanol–water partition coefficient (Wildman–Crippen LogP) is 0.962. The molecule has 0 bridgehead atoms. The summed E-state index contributed by atoms with van der Waals surface area (Å²) in [6, 6.07) is 1.02. The fourth-order valence-electron chi connectivity index (χ4n) is 2.11. The van der Waals surface area contributed by atoms with E-state index in [2.05, 4.69) is 5.32 Å². The van der Waals surface area contributed by atoms with Crippen molar-refractivity contribution < 1.29 is 23.1 Å². The SMILES string of the molecule is O=C(O)C1CNCCN1Cc1cc(F)c(F)c(F)c1. The van der Waals surface area contributed by atoms with E-state index in [1.54, 1.807) is 4.90 Å². The van der Waals surface area contributed by atoms with Gasteiger partial charge in [0.05, 0.1) is 0 Å². The Balaban J connectivity index is 2.17. The van der Waals surface area contributed by atoms with Gasteiger partial charge in [-0.3, -0.25) is 9.69 Å². The molecule has 2 N–H and O–H groups in total. The van der Waals surface area contributed by atoms with Crippen molar-refractivity contribution >= 4 is 5.97 Å². The molecule has 1 heterocycles. The van der Waals surface area contributed by atoms with Gasteiger partial charge in [-0.15, -0.1) is 0 Å². The van der Waals surface area contributed by atoms with E-state index >= 15 is 0 Å². The van der Waals surface area contributed by atoms with Crippen molar-refractivity contribution in [2.45, 2.75) is 12.6 Å². The number of rotatable bonds is 3. The molecule has 4 nitrogen and oxygen atoms in total. The van der Waals surface area contributed by atoms with Crippen molar-refractivity contribution in [1.82, 2.24) is 10.2 Å². The van der Waals surface area contributed by atoms with Gasteiger partial charge in [0.15, 0.2) is 17.5 Å². The summed E-state index contributed by atoms with van der Waals surface area (Å²) in [6.07, 6.45) is 0. The fourth-order valence-corrected chi connectivity index (χ4v) is 2.11. The van der Waals surface area contributed by atoms with Crippen LogP contribution in [0.5, 0.6) is 0 Å². The molecule has 0 aliphatic carbocycles. The largest absolute Gasteiger partial charge is 0.480 e. The molecule has 1 saturated heterocycles. The van der Waals surface area contributed by atoms with Crippen LogP contribution in [0.1, 0.15) is 5.56 Å². The summed E-state index contributed by atoms with van der Waals surface area (Å²) in [5.41, 5.74) is 0.213. The molecule has 2 rings (SSSR count). The van der Waals surface area contributed by atoms with E-state index in [-0.39, 0.29) is 18.7 Å². The average Bonchev–Trinajstić information content (AvgIpc) is 2.36. The van der Waals surface area contributed by atoms with Gasteiger partial charge in [0.1, 0.15) is 6.04 Å². The second kappa shape index (κ2) is 5.58. The van der Waals surface area contributed by atoms with E-state index in [1.165, 1.54) is 0 Å². The van der Waals surface area contributed by atoms with E-state index in [0.717, 1.165) is 12.1 Å². The normalized spacial score (nSPS) is 20.5. The molecule has 1 aromatic carbocycles. The maximum absolute atomic E-state index is 13.1. The Labute approximate surface area is 107 Å². The lowest BCUT2D eigenvalue weighted by molar-refractivity contribution is -0.144. The highest BCUT2D eigenvalue weighted by atomic mass is 19.2. The minimum absolute atomic E-state index is 0.0623. The van der Waals surface area contributed by atoms with Gasteiger partial charge in [0.2, 0.25) is 0 Å². The molecule has 0 saturated carbocycles. The third-order valence-electron chi connectivity index (χ3n) is 3.07. The summed E-state index contributed by atoms with van der Waals surface area (Å²) in [7, 11) is 0. The molecular formula is C12H13F3N2O2. The molecule has 7 heteroatoms. The topological polar surface area (TPSA) is 52.6 Å². The lowest BCUT2D eigenvalue weighted by atomic mass is 10.1. The van der Waals surface area contributed by atoms with Crippen LogP contribution < -0.4 is 5.32 Å². The van der Waals surface area contributed by atoms with Gasteiger partial charge in [0.25, 0.3) is 0 Å². The first kappa shape index (κ1) is 13.8. The number of aliphatic carboxylic acids is 1. The molecule has 0 aromatic heterocycles. The van der Waals surface area contributed by atoms with Gasteiger partial charge in [-0.1, -0.05) is 0 Å². The number of benzene rings is 1. The van der Waals surface area contributed by atoms with Crippen LogP contribution in [-0.4, -0.2) is 41.7 Å². The van der Waals surface area contributed by atoms with Crippen LogP contribution in [-0.2, 0) is 11.3 Å². The van der Waals surface area contributed by atoms with Crippen molar-refractivity contribution in [3.8, 4) is 0 Å². The van der Waals surface area contributed by atoms with Crippen LogP contribution in [0, 0.1) is 17.5 Å². The summed E-state index contributed by atoms with van der Waals surface area (Å²) >= 11 is 0. The molecule has 1 aliphatic rings. The van der Waals surface area contributed by atoms with Gasteiger partial charge >= 0.3 is 5.97 Å². The van der Waals surface area contributed by atoms with Gasteiger partial charge in [-0.05, 0) is 17.7 Å². The standard InChI is InChI=1S/C12H13F3N2O2/c13-8-3-7(4-9(14)11(8)15)6-17-2-1-16-5-10(17)12(18)19/h3-4,10,16H,1-2,5-6H2,(H,18,19). The summed E-state index contributed by atoms with van der Waals surface area (Å²) in [5.74, 6) is -5.05. The second-order valence-electron chi connectivity index (χ2n) is 4.40. The lowest BCUT2D eigenvalue weighted by Gasteiger charge is -2.33. The van der Waals surface area contributed by atoms with Crippen LogP contribution in [0.4, 0.5) is 13.2 Å². The molecule has 1 aromatic rings. The first-order valence-electron chi connectivity index (χ1n) is 5.80. The molecule has 19 heavy (non-hydrogen) atoms. The molecular weight excluding hydrogens is 261 g/mol. The van der Waals surface area contributed by atoms with Crippen molar-refractivity contribution in [3.63, 3.8) is 0 Å². The number of carboxylic acid groups (broad SMARTS) is 1. The summed E-state index contributed by atoms with van der Waals surface area (Å²) in [4.78, 5) is 12.6. The van der Waals surface area contributed by atoms with Gasteiger partial charge in [-0.25, -0.2) is 13.2 Å². The predicted molar refractivity (Wildman–Crippen MR) is 61.0 cm³/mol. The number of carbonyl (C=O) groups is 1. The third-order valence-corrected chi connectivity index (χ3v) is 3.07. The quantitative estimate of drug-likeness (QED) is 0.806. The number of hydrogen-bond acceptors (Lipinski definition) is 3. The maximum atomic E-state index is 13.1. The Morgan fingerprint density at radius 2 is 2.00 bits per heavy atom. The maximum Gasteiger partial charge on any atom is 0.322 e. The lowest BCUT2D eigenvalue weighted by Crippen LogP contribution is -2.54. The van der Waals surface area contributed by atoms with Gasteiger partial charge in [-0.2, -0.15) is 0 Å². The van der Waals surface area contributed by atoms with E-state index in [9.17, 15) is 18.0 Å². The summed E-state index contributed by atoms with van der Waals surface area (Å²) in [6.45, 7) is 1.36. The zero-order chi connectivity index (χ0) is 14.0. The van der Waals surface area contributed by atoms with Crippen LogP contribution in [0.15, 0.2) is 12.1 Å². The van der Waals surface area contributed by atoms with Crippen molar-refractivity contribution in [2.24, 2.45) is 0 Å². The second-order valence-corrected chi connectivity index (χ2v) is 4.40. The van der Waals surface area contributed by atoms with Gasteiger partial charge < -0.3 is 10.4 Å². The Morgan fingerprint density at radius 3 is 2.58 bits per heavy atom. The number of nitrogens with zero attached hydrogens (tertiary/aromatic N) is 1. The summed E-state index contributed by atoms with van der Waals surface area (Å²) in [5, 5.41) is 12.0. The Morgan fingerprint density at radius 1 is 1.37 bits per heavy atom.